The van der Waals surface area contributed by atoms with E-state index < -0.39 is 0 Å². The van der Waals surface area contributed by atoms with Crippen molar-refractivity contribution in [3.05, 3.63) is 94.7 Å². The van der Waals surface area contributed by atoms with Crippen LogP contribution in [-0.2, 0) is 0 Å². The van der Waals surface area contributed by atoms with Gasteiger partial charge >= 0.3 is 0 Å². The van der Waals surface area contributed by atoms with E-state index in [-0.39, 0.29) is 0 Å². The highest BCUT2D eigenvalue weighted by Crippen LogP contribution is 2.35. The van der Waals surface area contributed by atoms with E-state index in [1.165, 1.54) is 5.56 Å². The Bertz CT molecular complexity index is 1160. The molecule has 1 N–H and O–H groups in total. The molecule has 4 nitrogen and oxygen atoms in total. The van der Waals surface area contributed by atoms with E-state index >= 15 is 0 Å². The lowest BCUT2D eigenvalue weighted by molar-refractivity contribution is 0.415. The molecule has 142 valence electrons. The van der Waals surface area contributed by atoms with E-state index in [0.717, 1.165) is 45.2 Å². The van der Waals surface area contributed by atoms with E-state index in [1.807, 2.05) is 54.6 Å². The topological polar surface area (TPSA) is 57.4 Å². The minimum absolute atomic E-state index is 0.548. The number of benzene rings is 3. The lowest BCUT2D eigenvalue weighted by Crippen LogP contribution is -2.06. The number of rotatable bonds is 3. The molecule has 0 unspecified atom stereocenters. The molecule has 0 atom stereocenters. The predicted molar refractivity (Wildman–Crippen MR) is 118 cm³/mol. The van der Waals surface area contributed by atoms with Gasteiger partial charge in [0.05, 0.1) is 29.8 Å². The van der Waals surface area contributed by atoms with Gasteiger partial charge in [-0.15, -0.1) is 0 Å². The van der Waals surface area contributed by atoms with Crippen LogP contribution in [0.25, 0.3) is 5.57 Å². The second kappa shape index (κ2) is 7.65. The number of aliphatic imine (C=N–C) groups is 1. The van der Waals surface area contributed by atoms with Gasteiger partial charge in [-0.05, 0) is 67.9 Å². The highest BCUT2D eigenvalue weighted by atomic mass is 16.5. The smallest absolute Gasteiger partial charge is 0.118 e. The zero-order chi connectivity index (χ0) is 20.4. The number of nitrogens with one attached hydrogen (secondary N) is 1. The molecule has 3 aromatic carbocycles. The molecule has 0 spiro atoms. The van der Waals surface area contributed by atoms with Crippen LogP contribution in [0.4, 0.5) is 11.4 Å². The second-order valence-corrected chi connectivity index (χ2v) is 7.06. The lowest BCUT2D eigenvalue weighted by atomic mass is 10.0. The van der Waals surface area contributed by atoms with E-state index in [2.05, 4.69) is 37.4 Å². The predicted octanol–water partition coefficient (Wildman–Crippen LogP) is 5.79. The summed E-state index contributed by atoms with van der Waals surface area (Å²) in [7, 11) is 1.63. The summed E-state index contributed by atoms with van der Waals surface area (Å²) in [5.74, 6) is 0.753. The Morgan fingerprint density at radius 1 is 0.931 bits per heavy atom. The van der Waals surface area contributed by atoms with Gasteiger partial charge in [0.25, 0.3) is 0 Å². The van der Waals surface area contributed by atoms with Crippen molar-refractivity contribution in [3.8, 4) is 11.8 Å². The Kier molecular flexibility index (Phi) is 4.88. The van der Waals surface area contributed by atoms with Gasteiger partial charge in [-0.3, -0.25) is 0 Å². The normalized spacial score (nSPS) is 15.4. The summed E-state index contributed by atoms with van der Waals surface area (Å²) in [5.41, 5.74) is 8.00. The summed E-state index contributed by atoms with van der Waals surface area (Å²) in [6.45, 7) is 4.11. The van der Waals surface area contributed by atoms with E-state index in [4.69, 9.17) is 9.73 Å². The molecular weight excluding hydrogens is 358 g/mol. The highest BCUT2D eigenvalue weighted by molar-refractivity contribution is 6.26. The van der Waals surface area contributed by atoms with Crippen LogP contribution in [0.5, 0.6) is 5.75 Å². The molecule has 1 aliphatic heterocycles. The first-order valence-corrected chi connectivity index (χ1v) is 9.41. The van der Waals surface area contributed by atoms with Crippen LogP contribution in [0.3, 0.4) is 0 Å². The fourth-order valence-corrected chi connectivity index (χ4v) is 3.36. The van der Waals surface area contributed by atoms with Gasteiger partial charge in [0.1, 0.15) is 11.8 Å². The summed E-state index contributed by atoms with van der Waals surface area (Å²) in [6, 6.07) is 24.1. The van der Waals surface area contributed by atoms with Crippen LogP contribution < -0.4 is 10.1 Å². The molecule has 4 heteroatoms. The molecule has 1 heterocycles. The SMILES string of the molecule is COc1ccc(/C(C#N)=C2\Nc3ccc(C)cc3C2=Nc2ccc(C)cc2)cc1. The Hall–Kier alpha value is -3.84. The van der Waals surface area contributed by atoms with Gasteiger partial charge in [0, 0.05) is 11.3 Å². The maximum absolute atomic E-state index is 9.99. The van der Waals surface area contributed by atoms with Crippen LogP contribution in [0.1, 0.15) is 22.3 Å². The fourth-order valence-electron chi connectivity index (χ4n) is 3.36. The molecule has 0 bridgehead atoms. The number of methoxy groups -OCH3 is 1. The monoisotopic (exact) mass is 379 g/mol. The van der Waals surface area contributed by atoms with Gasteiger partial charge in [0.15, 0.2) is 0 Å². The van der Waals surface area contributed by atoms with Gasteiger partial charge in [-0.25, -0.2) is 4.99 Å². The second-order valence-electron chi connectivity index (χ2n) is 7.06. The van der Waals surface area contributed by atoms with Gasteiger partial charge < -0.3 is 10.1 Å². The third-order valence-electron chi connectivity index (χ3n) is 4.94. The highest BCUT2D eigenvalue weighted by Gasteiger charge is 2.26. The fraction of sp³-hybridized carbons (Fsp3) is 0.120. The Morgan fingerprint density at radius 3 is 2.28 bits per heavy atom. The summed E-state index contributed by atoms with van der Waals surface area (Å²) in [5, 5.41) is 13.4. The van der Waals surface area contributed by atoms with E-state index in [0.29, 0.717) is 5.57 Å². The van der Waals surface area contributed by atoms with Crippen molar-refractivity contribution < 1.29 is 4.74 Å². The van der Waals surface area contributed by atoms with Crippen LogP contribution in [-0.4, -0.2) is 12.8 Å². The van der Waals surface area contributed by atoms with Crippen LogP contribution >= 0.6 is 0 Å². The molecule has 0 aliphatic carbocycles. The zero-order valence-electron chi connectivity index (χ0n) is 16.7. The molecule has 0 amide bonds. The number of nitrogens with zero attached hydrogens (tertiary/aromatic N) is 2. The minimum atomic E-state index is 0.548. The Balaban J connectivity index is 1.91. The number of anilines is 1. The summed E-state index contributed by atoms with van der Waals surface area (Å²) >= 11 is 0. The molecule has 4 rings (SSSR count). The van der Waals surface area contributed by atoms with Gasteiger partial charge in [-0.1, -0.05) is 29.3 Å². The first-order valence-electron chi connectivity index (χ1n) is 9.41. The maximum atomic E-state index is 9.99. The first-order chi connectivity index (χ1) is 14.1. The molecular formula is C25H21N3O. The molecule has 1 aliphatic rings. The number of fused-ring (bicyclic) bond motifs is 1. The molecule has 0 aromatic heterocycles. The quantitative estimate of drug-likeness (QED) is 0.586. The molecule has 0 saturated carbocycles. The molecule has 3 aromatic rings. The Morgan fingerprint density at radius 2 is 1.62 bits per heavy atom. The molecule has 0 radical (unpaired) electrons. The standard InChI is InChI=1S/C25H21N3O/c1-16-4-9-19(10-5-16)27-24-21-14-17(2)6-13-23(21)28-25(24)22(15-26)18-7-11-20(29-3)12-8-18/h4-14,28H,1-3H3/b25-22-,27-24?. The molecule has 0 fully saturated rings. The summed E-state index contributed by atoms with van der Waals surface area (Å²) in [4.78, 5) is 4.91. The number of hydrogen-bond donors (Lipinski definition) is 1. The van der Waals surface area contributed by atoms with Crippen molar-refractivity contribution in [2.24, 2.45) is 4.99 Å². The maximum Gasteiger partial charge on any atom is 0.118 e. The first kappa shape index (κ1) is 18.5. The average Bonchev–Trinajstić information content (AvgIpc) is 3.08. The number of aryl methyl sites for hydroxylation is 2. The number of ether oxygens (including phenoxy) is 1. The zero-order valence-corrected chi connectivity index (χ0v) is 16.7. The van der Waals surface area contributed by atoms with Gasteiger partial charge in [-0.2, -0.15) is 5.26 Å². The Labute approximate surface area is 170 Å². The lowest BCUT2D eigenvalue weighted by Gasteiger charge is -2.08. The van der Waals surface area contributed by atoms with Crippen LogP contribution in [0, 0.1) is 25.2 Å². The summed E-state index contributed by atoms with van der Waals surface area (Å²) < 4.78 is 5.24. The summed E-state index contributed by atoms with van der Waals surface area (Å²) in [6.07, 6.45) is 0. The molecule has 0 saturated heterocycles. The van der Waals surface area contributed by atoms with Crippen molar-refractivity contribution in [1.82, 2.24) is 0 Å². The van der Waals surface area contributed by atoms with Crippen molar-refractivity contribution in [3.63, 3.8) is 0 Å². The van der Waals surface area contributed by atoms with Crippen LogP contribution in [0.15, 0.2) is 77.4 Å². The van der Waals surface area contributed by atoms with Crippen molar-refractivity contribution >= 4 is 22.7 Å². The van der Waals surface area contributed by atoms with Crippen molar-refractivity contribution in [2.45, 2.75) is 13.8 Å². The number of allylic oxidation sites excluding steroid dienone is 2. The van der Waals surface area contributed by atoms with E-state index in [9.17, 15) is 5.26 Å². The third kappa shape index (κ3) is 3.63. The minimum Gasteiger partial charge on any atom is -0.497 e. The van der Waals surface area contributed by atoms with Crippen molar-refractivity contribution in [2.75, 3.05) is 12.4 Å². The largest absolute Gasteiger partial charge is 0.497 e. The average molecular weight is 379 g/mol. The third-order valence-corrected chi connectivity index (χ3v) is 4.94. The van der Waals surface area contributed by atoms with Gasteiger partial charge in [0.2, 0.25) is 0 Å². The number of nitriles is 1. The van der Waals surface area contributed by atoms with Crippen molar-refractivity contribution in [1.29, 1.82) is 5.26 Å². The molecule has 29 heavy (non-hydrogen) atoms. The number of hydrogen-bond acceptors (Lipinski definition) is 4. The van der Waals surface area contributed by atoms with E-state index in [1.54, 1.807) is 7.11 Å². The van der Waals surface area contributed by atoms with Crippen LogP contribution in [0.2, 0.25) is 0 Å².